The van der Waals surface area contributed by atoms with E-state index in [-0.39, 0.29) is 17.5 Å². The molecular formula is C19H19F2N5O3S. The van der Waals surface area contributed by atoms with Gasteiger partial charge in [-0.15, -0.1) is 0 Å². The van der Waals surface area contributed by atoms with Crippen molar-refractivity contribution in [2.24, 2.45) is 16.6 Å². The quantitative estimate of drug-likeness (QED) is 0.758. The van der Waals surface area contributed by atoms with Crippen LogP contribution >= 0.6 is 11.8 Å². The predicted octanol–water partition coefficient (Wildman–Crippen LogP) is 2.31. The van der Waals surface area contributed by atoms with Crippen LogP contribution in [0.1, 0.15) is 22.5 Å². The highest BCUT2D eigenvalue weighted by molar-refractivity contribution is 8.13. The normalized spacial score (nSPS) is 23.3. The van der Waals surface area contributed by atoms with Gasteiger partial charge in [-0.2, -0.15) is 9.37 Å². The summed E-state index contributed by atoms with van der Waals surface area (Å²) < 4.78 is 38.7. The van der Waals surface area contributed by atoms with E-state index in [1.165, 1.54) is 31.0 Å². The molecule has 3 heterocycles. The second-order valence-electron chi connectivity index (χ2n) is 6.91. The van der Waals surface area contributed by atoms with E-state index in [1.54, 1.807) is 6.07 Å². The Balaban J connectivity index is 1.69. The average Bonchev–Trinajstić information content (AvgIpc) is 2.74. The Morgan fingerprint density at radius 3 is 3.07 bits per heavy atom. The van der Waals surface area contributed by atoms with Crippen LogP contribution in [0.2, 0.25) is 0 Å². The topological polar surface area (TPSA) is 112 Å². The third-order valence-corrected chi connectivity index (χ3v) is 6.13. The fourth-order valence-electron chi connectivity index (χ4n) is 3.73. The maximum atomic E-state index is 14.9. The molecule has 1 saturated heterocycles. The second-order valence-corrected chi connectivity index (χ2v) is 7.95. The van der Waals surface area contributed by atoms with Crippen LogP contribution in [0.25, 0.3) is 0 Å². The number of nitrogens with two attached hydrogens (primary N) is 1. The first-order valence-electron chi connectivity index (χ1n) is 9.16. The van der Waals surface area contributed by atoms with E-state index in [1.807, 2.05) is 0 Å². The number of amidine groups is 1. The summed E-state index contributed by atoms with van der Waals surface area (Å²) in [6, 6.07) is 4.24. The van der Waals surface area contributed by atoms with Crippen molar-refractivity contribution in [1.29, 1.82) is 0 Å². The molecule has 1 aromatic carbocycles. The van der Waals surface area contributed by atoms with Crippen molar-refractivity contribution in [3.05, 3.63) is 47.4 Å². The summed E-state index contributed by atoms with van der Waals surface area (Å²) in [5.41, 5.74) is 5.60. The third-order valence-electron chi connectivity index (χ3n) is 5.17. The zero-order valence-corrected chi connectivity index (χ0v) is 16.8. The summed E-state index contributed by atoms with van der Waals surface area (Å²) in [4.78, 5) is 24.5. The Morgan fingerprint density at radius 2 is 2.27 bits per heavy atom. The SMILES string of the molecule is COc1nc(F)cnc1C(=O)Nc1ccc(F)c([C@]23CCOC[C@H]2CSC(N)=N3)c1. The first-order chi connectivity index (χ1) is 14.4. The number of methoxy groups -OCH3 is 1. The minimum atomic E-state index is -0.872. The number of hydrogen-bond acceptors (Lipinski definition) is 8. The van der Waals surface area contributed by atoms with Crippen LogP contribution in [-0.4, -0.2) is 47.1 Å². The number of ether oxygens (including phenoxy) is 2. The Labute approximate surface area is 175 Å². The van der Waals surface area contributed by atoms with Gasteiger partial charge >= 0.3 is 0 Å². The molecule has 1 fully saturated rings. The summed E-state index contributed by atoms with van der Waals surface area (Å²) in [7, 11) is 1.25. The van der Waals surface area contributed by atoms with Gasteiger partial charge in [-0.25, -0.2) is 9.37 Å². The number of thioether (sulfide) groups is 1. The molecule has 158 valence electrons. The molecule has 8 nitrogen and oxygen atoms in total. The first kappa shape index (κ1) is 20.5. The van der Waals surface area contributed by atoms with E-state index in [0.29, 0.717) is 41.8 Å². The lowest BCUT2D eigenvalue weighted by Crippen LogP contribution is -2.47. The van der Waals surface area contributed by atoms with Crippen molar-refractivity contribution in [2.45, 2.75) is 12.0 Å². The van der Waals surface area contributed by atoms with E-state index >= 15 is 0 Å². The monoisotopic (exact) mass is 435 g/mol. The number of nitrogens with one attached hydrogen (secondary N) is 1. The van der Waals surface area contributed by atoms with Crippen LogP contribution in [0.5, 0.6) is 5.88 Å². The maximum absolute atomic E-state index is 14.9. The van der Waals surface area contributed by atoms with Crippen LogP contribution in [-0.2, 0) is 10.3 Å². The highest BCUT2D eigenvalue weighted by Crippen LogP contribution is 2.46. The van der Waals surface area contributed by atoms with Gasteiger partial charge in [0.1, 0.15) is 5.82 Å². The number of anilines is 1. The molecule has 2 aliphatic heterocycles. The van der Waals surface area contributed by atoms with Gasteiger partial charge in [-0.05, 0) is 18.2 Å². The number of carbonyl (C=O) groups excluding carboxylic acids is 1. The number of halogens is 2. The van der Waals surface area contributed by atoms with Crippen LogP contribution in [0.4, 0.5) is 14.5 Å². The maximum Gasteiger partial charge on any atom is 0.279 e. The van der Waals surface area contributed by atoms with Gasteiger partial charge in [-0.1, -0.05) is 11.8 Å². The van der Waals surface area contributed by atoms with Crippen molar-refractivity contribution < 1.29 is 23.0 Å². The summed E-state index contributed by atoms with van der Waals surface area (Å²) >= 11 is 1.42. The van der Waals surface area contributed by atoms with Crippen molar-refractivity contribution in [3.8, 4) is 5.88 Å². The molecule has 3 N–H and O–H groups in total. The van der Waals surface area contributed by atoms with Crippen LogP contribution in [0, 0.1) is 17.7 Å². The zero-order chi connectivity index (χ0) is 21.3. The number of hydrogen-bond donors (Lipinski definition) is 2. The van der Waals surface area contributed by atoms with E-state index in [0.717, 1.165) is 6.20 Å². The Kier molecular flexibility index (Phi) is 5.56. The number of aliphatic imine (C=N–C) groups is 1. The van der Waals surface area contributed by atoms with Gasteiger partial charge < -0.3 is 20.5 Å². The number of amides is 1. The number of fused-ring (bicyclic) bond motifs is 1. The highest BCUT2D eigenvalue weighted by Gasteiger charge is 2.47. The van der Waals surface area contributed by atoms with E-state index in [4.69, 9.17) is 15.2 Å². The van der Waals surface area contributed by atoms with Gasteiger partial charge in [0, 0.05) is 35.9 Å². The molecule has 2 atom stereocenters. The van der Waals surface area contributed by atoms with Crippen LogP contribution in [0.15, 0.2) is 29.4 Å². The summed E-state index contributed by atoms with van der Waals surface area (Å²) in [5, 5.41) is 3.03. The molecule has 0 spiro atoms. The third kappa shape index (κ3) is 3.70. The number of rotatable bonds is 4. The minimum Gasteiger partial charge on any atom is -0.479 e. The lowest BCUT2D eigenvalue weighted by atomic mass is 9.75. The smallest absolute Gasteiger partial charge is 0.279 e. The van der Waals surface area contributed by atoms with Crippen LogP contribution < -0.4 is 15.8 Å². The van der Waals surface area contributed by atoms with Crippen molar-refractivity contribution >= 4 is 28.5 Å². The number of benzene rings is 1. The van der Waals surface area contributed by atoms with Gasteiger partial charge in [0.2, 0.25) is 11.8 Å². The van der Waals surface area contributed by atoms with E-state index in [9.17, 15) is 13.6 Å². The zero-order valence-electron chi connectivity index (χ0n) is 16.0. The lowest BCUT2D eigenvalue weighted by molar-refractivity contribution is 0.00886. The fourth-order valence-corrected chi connectivity index (χ4v) is 4.70. The second kappa shape index (κ2) is 8.15. The van der Waals surface area contributed by atoms with Gasteiger partial charge in [0.15, 0.2) is 10.9 Å². The highest BCUT2D eigenvalue weighted by atomic mass is 32.2. The van der Waals surface area contributed by atoms with Crippen molar-refractivity contribution in [1.82, 2.24) is 9.97 Å². The van der Waals surface area contributed by atoms with E-state index in [2.05, 4.69) is 20.3 Å². The van der Waals surface area contributed by atoms with Gasteiger partial charge in [0.05, 0.1) is 25.5 Å². The predicted molar refractivity (Wildman–Crippen MR) is 108 cm³/mol. The molecule has 0 radical (unpaired) electrons. The molecular weight excluding hydrogens is 416 g/mol. The van der Waals surface area contributed by atoms with Crippen LogP contribution in [0.3, 0.4) is 0 Å². The minimum absolute atomic E-state index is 0.0490. The van der Waals surface area contributed by atoms with Crippen molar-refractivity contribution in [2.75, 3.05) is 31.4 Å². The number of carbonyl (C=O) groups is 1. The fraction of sp³-hybridized carbons (Fsp3) is 0.368. The molecule has 0 unspecified atom stereocenters. The summed E-state index contributed by atoms with van der Waals surface area (Å²) in [5.74, 6) is -1.62. The Morgan fingerprint density at radius 1 is 1.43 bits per heavy atom. The number of aromatic nitrogens is 2. The summed E-state index contributed by atoms with van der Waals surface area (Å²) in [6.07, 6.45) is 1.29. The van der Waals surface area contributed by atoms with E-state index < -0.39 is 23.2 Å². The molecule has 0 bridgehead atoms. The van der Waals surface area contributed by atoms with Gasteiger partial charge in [0.25, 0.3) is 5.91 Å². The molecule has 2 aliphatic rings. The molecule has 1 aromatic heterocycles. The first-order valence-corrected chi connectivity index (χ1v) is 10.2. The lowest BCUT2D eigenvalue weighted by Gasteiger charge is -2.44. The molecule has 30 heavy (non-hydrogen) atoms. The molecule has 2 aromatic rings. The standard InChI is InChI=1S/C19H19F2N5O3S/c1-28-17-15(23-7-14(21)25-17)16(27)24-11-2-3-13(20)12(6-11)19-4-5-29-8-10(19)9-30-18(22)26-19/h2-3,6-7,10H,4-5,8-9H2,1H3,(H2,22,26)(H,24,27)/t10-,19-/m0/s1. The molecule has 11 heteroatoms. The van der Waals surface area contributed by atoms with Crippen molar-refractivity contribution in [3.63, 3.8) is 0 Å². The Bertz CT molecular complexity index is 1020. The molecule has 1 amide bonds. The molecule has 0 saturated carbocycles. The Hall–Kier alpha value is -2.79. The average molecular weight is 435 g/mol. The largest absolute Gasteiger partial charge is 0.479 e. The molecule has 0 aliphatic carbocycles. The number of nitrogens with zero attached hydrogens (tertiary/aromatic N) is 3. The molecule has 4 rings (SSSR count). The summed E-state index contributed by atoms with van der Waals surface area (Å²) in [6.45, 7) is 0.874. The van der Waals surface area contributed by atoms with Gasteiger partial charge in [-0.3, -0.25) is 9.79 Å².